The number of hydrogen-bond acceptors (Lipinski definition) is 3. The maximum atomic E-state index is 5.96. The zero-order valence-electron chi connectivity index (χ0n) is 11.3. The summed E-state index contributed by atoms with van der Waals surface area (Å²) < 4.78 is 2.22. The number of nitrogens with two attached hydrogens (primary N) is 1. The van der Waals surface area contributed by atoms with E-state index in [9.17, 15) is 0 Å². The first kappa shape index (κ1) is 12.2. The highest BCUT2D eigenvalue weighted by atomic mass is 15.1. The lowest BCUT2D eigenvalue weighted by atomic mass is 9.98. The predicted molar refractivity (Wildman–Crippen MR) is 76.4 cm³/mol. The molecule has 0 saturated heterocycles. The van der Waals surface area contributed by atoms with Gasteiger partial charge in [-0.25, -0.2) is 9.97 Å². The Bertz CT molecular complexity index is 561. The average molecular weight is 256 g/mol. The normalized spacial score (nSPS) is 22.8. The molecule has 0 aromatic carbocycles. The van der Waals surface area contributed by atoms with Gasteiger partial charge >= 0.3 is 0 Å². The summed E-state index contributed by atoms with van der Waals surface area (Å²) in [5.41, 5.74) is 8.02. The van der Waals surface area contributed by atoms with E-state index in [1.165, 1.54) is 19.3 Å². The van der Waals surface area contributed by atoms with Crippen molar-refractivity contribution in [2.75, 3.05) is 5.73 Å². The van der Waals surface area contributed by atoms with Crippen LogP contribution in [0.15, 0.2) is 30.9 Å². The fourth-order valence-corrected chi connectivity index (χ4v) is 3.07. The monoisotopic (exact) mass is 256 g/mol. The largest absolute Gasteiger partial charge is 0.383 e. The lowest BCUT2D eigenvalue weighted by Crippen LogP contribution is -2.13. The third-order valence-corrected chi connectivity index (χ3v) is 4.30. The van der Waals surface area contributed by atoms with Crippen LogP contribution < -0.4 is 5.73 Å². The van der Waals surface area contributed by atoms with Crippen LogP contribution in [0.2, 0.25) is 0 Å². The molecule has 4 nitrogen and oxygen atoms in total. The van der Waals surface area contributed by atoms with E-state index in [2.05, 4.69) is 21.5 Å². The van der Waals surface area contributed by atoms with Gasteiger partial charge in [-0.15, -0.1) is 0 Å². The third kappa shape index (κ3) is 2.35. The molecule has 2 heterocycles. The van der Waals surface area contributed by atoms with Crippen LogP contribution in [0.1, 0.15) is 26.2 Å². The number of aromatic nitrogens is 3. The van der Waals surface area contributed by atoms with Gasteiger partial charge in [0.05, 0.1) is 18.2 Å². The molecule has 0 bridgehead atoms. The van der Waals surface area contributed by atoms with Crippen LogP contribution in [-0.4, -0.2) is 14.5 Å². The number of nitrogens with zero attached hydrogens (tertiary/aromatic N) is 3. The molecule has 1 aliphatic rings. The minimum atomic E-state index is 0.573. The molecule has 1 fully saturated rings. The van der Waals surface area contributed by atoms with Crippen molar-refractivity contribution in [3.8, 4) is 11.3 Å². The third-order valence-electron chi connectivity index (χ3n) is 4.30. The number of hydrogen-bond donors (Lipinski definition) is 1. The van der Waals surface area contributed by atoms with Crippen molar-refractivity contribution in [2.24, 2.45) is 11.8 Å². The van der Waals surface area contributed by atoms with Gasteiger partial charge in [-0.05, 0) is 30.4 Å². The molecule has 4 heteroatoms. The molecule has 1 saturated carbocycles. The van der Waals surface area contributed by atoms with Gasteiger partial charge in [0.1, 0.15) is 5.82 Å². The maximum Gasteiger partial charge on any atom is 0.132 e. The van der Waals surface area contributed by atoms with E-state index in [-0.39, 0.29) is 0 Å². The Morgan fingerprint density at radius 3 is 3.05 bits per heavy atom. The van der Waals surface area contributed by atoms with Crippen LogP contribution in [0.4, 0.5) is 5.82 Å². The Balaban J connectivity index is 1.88. The summed E-state index contributed by atoms with van der Waals surface area (Å²) >= 11 is 0. The van der Waals surface area contributed by atoms with E-state index < -0.39 is 0 Å². The zero-order chi connectivity index (χ0) is 13.2. The molecule has 0 radical (unpaired) electrons. The Morgan fingerprint density at radius 2 is 2.32 bits per heavy atom. The Morgan fingerprint density at radius 1 is 1.42 bits per heavy atom. The van der Waals surface area contributed by atoms with Gasteiger partial charge in [0.2, 0.25) is 0 Å². The molecule has 2 aromatic rings. The van der Waals surface area contributed by atoms with E-state index in [0.717, 1.165) is 29.6 Å². The van der Waals surface area contributed by atoms with Crippen LogP contribution in [0.3, 0.4) is 0 Å². The first-order valence-corrected chi connectivity index (χ1v) is 6.96. The van der Waals surface area contributed by atoms with Crippen LogP contribution in [0, 0.1) is 11.8 Å². The lowest BCUT2D eigenvalue weighted by molar-refractivity contribution is 0.365. The van der Waals surface area contributed by atoms with Crippen molar-refractivity contribution in [1.29, 1.82) is 0 Å². The van der Waals surface area contributed by atoms with Gasteiger partial charge in [-0.1, -0.05) is 19.8 Å². The van der Waals surface area contributed by atoms with E-state index in [4.69, 9.17) is 5.73 Å². The smallest absolute Gasteiger partial charge is 0.132 e. The quantitative estimate of drug-likeness (QED) is 0.918. The summed E-state index contributed by atoms with van der Waals surface area (Å²) in [7, 11) is 0. The number of anilines is 1. The second-order valence-corrected chi connectivity index (χ2v) is 5.54. The van der Waals surface area contributed by atoms with Crippen molar-refractivity contribution in [3.05, 3.63) is 30.9 Å². The minimum Gasteiger partial charge on any atom is -0.383 e. The van der Waals surface area contributed by atoms with Gasteiger partial charge in [-0.3, -0.25) is 0 Å². The highest BCUT2D eigenvalue weighted by molar-refractivity contribution is 5.70. The number of pyridine rings is 1. The summed E-state index contributed by atoms with van der Waals surface area (Å²) in [4.78, 5) is 8.45. The van der Waals surface area contributed by atoms with E-state index in [1.54, 1.807) is 6.20 Å². The van der Waals surface area contributed by atoms with Crippen molar-refractivity contribution in [1.82, 2.24) is 14.5 Å². The predicted octanol–water partition coefficient (Wildman–Crippen LogP) is 2.96. The summed E-state index contributed by atoms with van der Waals surface area (Å²) in [5.74, 6) is 2.14. The Kier molecular flexibility index (Phi) is 3.23. The van der Waals surface area contributed by atoms with Crippen molar-refractivity contribution in [3.63, 3.8) is 0 Å². The molecule has 3 rings (SSSR count). The topological polar surface area (TPSA) is 56.7 Å². The second kappa shape index (κ2) is 5.03. The number of nitrogen functional groups attached to an aromatic ring is 1. The molecule has 0 amide bonds. The van der Waals surface area contributed by atoms with Crippen molar-refractivity contribution >= 4 is 5.82 Å². The van der Waals surface area contributed by atoms with Crippen molar-refractivity contribution < 1.29 is 0 Å². The molecular weight excluding hydrogens is 236 g/mol. The van der Waals surface area contributed by atoms with E-state index in [0.29, 0.717) is 5.82 Å². The Hall–Kier alpha value is -1.84. The molecule has 0 spiro atoms. The summed E-state index contributed by atoms with van der Waals surface area (Å²) in [6, 6.07) is 3.93. The van der Waals surface area contributed by atoms with E-state index in [1.807, 2.05) is 24.7 Å². The summed E-state index contributed by atoms with van der Waals surface area (Å²) in [5, 5.41) is 0. The fraction of sp³-hybridized carbons (Fsp3) is 0.467. The highest BCUT2D eigenvalue weighted by Crippen LogP contribution is 2.33. The standard InChI is InChI=1S/C15H20N4/c1-11-4-2-5-12(11)9-19-10-17-8-14(19)13-6-3-7-18-15(13)16/h3,6-8,10-12H,2,4-5,9H2,1H3,(H2,16,18). The highest BCUT2D eigenvalue weighted by Gasteiger charge is 2.24. The Labute approximate surface area is 113 Å². The fourth-order valence-electron chi connectivity index (χ4n) is 3.07. The molecule has 19 heavy (non-hydrogen) atoms. The lowest BCUT2D eigenvalue weighted by Gasteiger charge is -2.18. The van der Waals surface area contributed by atoms with Crippen LogP contribution in [0.25, 0.3) is 11.3 Å². The van der Waals surface area contributed by atoms with Crippen LogP contribution in [0.5, 0.6) is 0 Å². The molecule has 2 unspecified atom stereocenters. The summed E-state index contributed by atoms with van der Waals surface area (Å²) in [6.45, 7) is 3.39. The van der Waals surface area contributed by atoms with Gasteiger partial charge in [0.25, 0.3) is 0 Å². The van der Waals surface area contributed by atoms with Gasteiger partial charge in [-0.2, -0.15) is 0 Å². The zero-order valence-corrected chi connectivity index (χ0v) is 11.3. The van der Waals surface area contributed by atoms with Gasteiger partial charge < -0.3 is 10.3 Å². The average Bonchev–Trinajstić information content (AvgIpc) is 3.01. The van der Waals surface area contributed by atoms with Crippen LogP contribution in [-0.2, 0) is 6.54 Å². The molecular formula is C15H20N4. The molecule has 1 aliphatic carbocycles. The molecule has 2 aromatic heterocycles. The SMILES string of the molecule is CC1CCCC1Cn1cncc1-c1cccnc1N. The van der Waals surface area contributed by atoms with E-state index >= 15 is 0 Å². The summed E-state index contributed by atoms with van der Waals surface area (Å²) in [6.07, 6.45) is 9.54. The molecule has 100 valence electrons. The number of rotatable bonds is 3. The minimum absolute atomic E-state index is 0.573. The molecule has 2 atom stereocenters. The van der Waals surface area contributed by atoms with Gasteiger partial charge in [0, 0.05) is 18.3 Å². The van der Waals surface area contributed by atoms with Crippen molar-refractivity contribution in [2.45, 2.75) is 32.7 Å². The number of imidazole rings is 1. The maximum absolute atomic E-state index is 5.96. The first-order chi connectivity index (χ1) is 9.25. The van der Waals surface area contributed by atoms with Crippen LogP contribution >= 0.6 is 0 Å². The van der Waals surface area contributed by atoms with Gasteiger partial charge in [0.15, 0.2) is 0 Å². The first-order valence-electron chi connectivity index (χ1n) is 6.96. The molecule has 2 N–H and O–H groups in total. The second-order valence-electron chi connectivity index (χ2n) is 5.54. The molecule has 0 aliphatic heterocycles.